The lowest BCUT2D eigenvalue weighted by molar-refractivity contribution is 0.0734. The number of rotatable bonds is 6. The van der Waals surface area contributed by atoms with E-state index in [-0.39, 0.29) is 5.78 Å². The van der Waals surface area contributed by atoms with Crippen molar-refractivity contribution in [3.05, 3.63) is 59.7 Å². The van der Waals surface area contributed by atoms with Gasteiger partial charge < -0.3 is 9.47 Å². The van der Waals surface area contributed by atoms with Crippen molar-refractivity contribution >= 4 is 11.8 Å². The van der Waals surface area contributed by atoms with Crippen LogP contribution in [0.15, 0.2) is 48.5 Å². The van der Waals surface area contributed by atoms with Crippen LogP contribution in [0.5, 0.6) is 11.5 Å². The third-order valence-electron chi connectivity index (χ3n) is 3.01. The molecule has 0 saturated carbocycles. The first-order chi connectivity index (χ1) is 10.6. The minimum Gasteiger partial charge on any atom is -0.494 e. The van der Waals surface area contributed by atoms with Crippen molar-refractivity contribution in [3.8, 4) is 11.5 Å². The molecular formula is C18H18O4. The van der Waals surface area contributed by atoms with Crippen molar-refractivity contribution in [1.29, 1.82) is 0 Å². The molecule has 0 aliphatic carbocycles. The molecule has 0 heterocycles. The molecular weight excluding hydrogens is 280 g/mol. The van der Waals surface area contributed by atoms with E-state index >= 15 is 0 Å². The second-order valence-electron chi connectivity index (χ2n) is 4.85. The van der Waals surface area contributed by atoms with Crippen molar-refractivity contribution in [3.63, 3.8) is 0 Å². The fourth-order valence-corrected chi connectivity index (χ4v) is 1.86. The van der Waals surface area contributed by atoms with Crippen molar-refractivity contribution < 1.29 is 19.1 Å². The summed E-state index contributed by atoms with van der Waals surface area (Å²) in [6.45, 7) is 4.11. The Balaban J connectivity index is 2.06. The van der Waals surface area contributed by atoms with E-state index in [1.54, 1.807) is 48.5 Å². The van der Waals surface area contributed by atoms with Crippen LogP contribution in [0.2, 0.25) is 0 Å². The molecule has 0 atom stereocenters. The van der Waals surface area contributed by atoms with E-state index in [2.05, 4.69) is 0 Å². The molecule has 0 aliphatic heterocycles. The largest absolute Gasteiger partial charge is 0.494 e. The van der Waals surface area contributed by atoms with Gasteiger partial charge in [0.2, 0.25) is 0 Å². The van der Waals surface area contributed by atoms with E-state index in [1.165, 1.54) is 6.92 Å². The highest BCUT2D eigenvalue weighted by molar-refractivity contribution is 5.94. The molecule has 0 amide bonds. The molecule has 0 fully saturated rings. The predicted molar refractivity (Wildman–Crippen MR) is 83.6 cm³/mol. The molecule has 0 aromatic heterocycles. The average molecular weight is 298 g/mol. The SMILES string of the molecule is CCCOc1cccc(C(=O)Oc2ccc(C(C)=O)cc2)c1. The van der Waals surface area contributed by atoms with Crippen LogP contribution in [0.4, 0.5) is 0 Å². The van der Waals surface area contributed by atoms with Gasteiger partial charge >= 0.3 is 5.97 Å². The van der Waals surface area contributed by atoms with Gasteiger partial charge in [0.05, 0.1) is 12.2 Å². The smallest absolute Gasteiger partial charge is 0.343 e. The number of carbonyl (C=O) groups excluding carboxylic acids is 2. The van der Waals surface area contributed by atoms with Gasteiger partial charge in [-0.05, 0) is 55.8 Å². The lowest BCUT2D eigenvalue weighted by Gasteiger charge is -2.07. The number of benzene rings is 2. The number of Topliss-reactive ketones (excluding diaryl/α,β-unsaturated/α-hetero) is 1. The van der Waals surface area contributed by atoms with Crippen LogP contribution < -0.4 is 9.47 Å². The molecule has 2 aromatic rings. The molecule has 4 heteroatoms. The van der Waals surface area contributed by atoms with Crippen LogP contribution in [0.25, 0.3) is 0 Å². The predicted octanol–water partition coefficient (Wildman–Crippen LogP) is 3.90. The van der Waals surface area contributed by atoms with Crippen molar-refractivity contribution in [2.75, 3.05) is 6.61 Å². The zero-order valence-corrected chi connectivity index (χ0v) is 12.7. The first kappa shape index (κ1) is 15.8. The van der Waals surface area contributed by atoms with Crippen LogP contribution >= 0.6 is 0 Å². The van der Waals surface area contributed by atoms with Gasteiger partial charge in [-0.3, -0.25) is 4.79 Å². The number of hydrogen-bond donors (Lipinski definition) is 0. The minimum atomic E-state index is -0.461. The molecule has 2 aromatic carbocycles. The summed E-state index contributed by atoms with van der Waals surface area (Å²) >= 11 is 0. The Hall–Kier alpha value is -2.62. The summed E-state index contributed by atoms with van der Waals surface area (Å²) in [7, 11) is 0. The highest BCUT2D eigenvalue weighted by atomic mass is 16.5. The Labute approximate surface area is 129 Å². The highest BCUT2D eigenvalue weighted by Crippen LogP contribution is 2.18. The molecule has 2 rings (SSSR count). The Morgan fingerprint density at radius 3 is 2.32 bits per heavy atom. The molecule has 0 radical (unpaired) electrons. The second-order valence-corrected chi connectivity index (χ2v) is 4.85. The van der Waals surface area contributed by atoms with E-state index in [1.807, 2.05) is 6.92 Å². The number of hydrogen-bond acceptors (Lipinski definition) is 4. The maximum absolute atomic E-state index is 12.1. The molecule has 0 spiro atoms. The molecule has 0 unspecified atom stereocenters. The van der Waals surface area contributed by atoms with Gasteiger partial charge in [0.25, 0.3) is 0 Å². The lowest BCUT2D eigenvalue weighted by Crippen LogP contribution is -2.09. The fourth-order valence-electron chi connectivity index (χ4n) is 1.86. The summed E-state index contributed by atoms with van der Waals surface area (Å²) in [6.07, 6.45) is 0.900. The summed E-state index contributed by atoms with van der Waals surface area (Å²) < 4.78 is 10.8. The maximum Gasteiger partial charge on any atom is 0.343 e. The number of ketones is 1. The average Bonchev–Trinajstić information content (AvgIpc) is 2.53. The zero-order chi connectivity index (χ0) is 15.9. The van der Waals surface area contributed by atoms with Crippen molar-refractivity contribution in [2.24, 2.45) is 0 Å². The van der Waals surface area contributed by atoms with Gasteiger partial charge in [0, 0.05) is 5.56 Å². The summed E-state index contributed by atoms with van der Waals surface area (Å²) in [5.41, 5.74) is 0.999. The molecule has 0 N–H and O–H groups in total. The van der Waals surface area contributed by atoms with Crippen molar-refractivity contribution in [1.82, 2.24) is 0 Å². The number of esters is 1. The third kappa shape index (κ3) is 4.19. The molecule has 22 heavy (non-hydrogen) atoms. The van der Waals surface area contributed by atoms with Gasteiger partial charge in [-0.25, -0.2) is 4.79 Å². The summed E-state index contributed by atoms with van der Waals surface area (Å²) in [5.74, 6) is 0.550. The maximum atomic E-state index is 12.1. The molecule has 0 saturated heterocycles. The van der Waals surface area contributed by atoms with Crippen LogP contribution in [0, 0.1) is 0 Å². The Morgan fingerprint density at radius 2 is 1.68 bits per heavy atom. The van der Waals surface area contributed by atoms with Crippen LogP contribution in [0.1, 0.15) is 41.0 Å². The van der Waals surface area contributed by atoms with Gasteiger partial charge in [0.15, 0.2) is 5.78 Å². The Morgan fingerprint density at radius 1 is 0.955 bits per heavy atom. The normalized spacial score (nSPS) is 10.1. The second kappa shape index (κ2) is 7.41. The van der Waals surface area contributed by atoms with Gasteiger partial charge in [0.1, 0.15) is 11.5 Å². The molecule has 4 nitrogen and oxygen atoms in total. The Kier molecular flexibility index (Phi) is 5.31. The first-order valence-electron chi connectivity index (χ1n) is 7.16. The van der Waals surface area contributed by atoms with E-state index < -0.39 is 5.97 Å². The van der Waals surface area contributed by atoms with Crippen LogP contribution in [0.3, 0.4) is 0 Å². The highest BCUT2D eigenvalue weighted by Gasteiger charge is 2.10. The van der Waals surface area contributed by atoms with Crippen LogP contribution in [-0.2, 0) is 0 Å². The Bertz CT molecular complexity index is 659. The van der Waals surface area contributed by atoms with Gasteiger partial charge in [-0.15, -0.1) is 0 Å². The van der Waals surface area contributed by atoms with Crippen LogP contribution in [-0.4, -0.2) is 18.4 Å². The summed E-state index contributed by atoms with van der Waals surface area (Å²) in [4.78, 5) is 23.3. The van der Waals surface area contributed by atoms with E-state index in [9.17, 15) is 9.59 Å². The van der Waals surface area contributed by atoms with E-state index in [4.69, 9.17) is 9.47 Å². The van der Waals surface area contributed by atoms with Gasteiger partial charge in [-0.2, -0.15) is 0 Å². The summed E-state index contributed by atoms with van der Waals surface area (Å²) in [5, 5.41) is 0. The quantitative estimate of drug-likeness (QED) is 0.461. The monoisotopic (exact) mass is 298 g/mol. The fraction of sp³-hybridized carbons (Fsp3) is 0.222. The van der Waals surface area contributed by atoms with E-state index in [0.717, 1.165) is 6.42 Å². The molecule has 0 aliphatic rings. The zero-order valence-electron chi connectivity index (χ0n) is 12.7. The van der Waals surface area contributed by atoms with Gasteiger partial charge in [-0.1, -0.05) is 13.0 Å². The third-order valence-corrected chi connectivity index (χ3v) is 3.01. The topological polar surface area (TPSA) is 52.6 Å². The molecule has 0 bridgehead atoms. The summed E-state index contributed by atoms with van der Waals surface area (Å²) in [6, 6.07) is 13.3. The first-order valence-corrected chi connectivity index (χ1v) is 7.16. The van der Waals surface area contributed by atoms with Crippen molar-refractivity contribution in [2.45, 2.75) is 20.3 Å². The minimum absolute atomic E-state index is 0.0290. The lowest BCUT2D eigenvalue weighted by atomic mass is 10.1. The number of ether oxygens (including phenoxy) is 2. The standard InChI is InChI=1S/C18H18O4/c1-3-11-21-17-6-4-5-15(12-17)18(20)22-16-9-7-14(8-10-16)13(2)19/h4-10,12H,3,11H2,1-2H3. The molecule has 114 valence electrons. The number of carbonyl (C=O) groups is 2. The van der Waals surface area contributed by atoms with E-state index in [0.29, 0.717) is 29.2 Å².